The molecule has 1 amide bonds. The molecular formula is C10H11NOS. The molecule has 0 radical (unpaired) electrons. The van der Waals surface area contributed by atoms with Gasteiger partial charge in [-0.15, -0.1) is 12.6 Å². The van der Waals surface area contributed by atoms with Crippen LogP contribution in [0.4, 0.5) is 0 Å². The number of amides is 1. The largest absolute Gasteiger partial charge is 0.349 e. The molecule has 1 fully saturated rings. The smallest absolute Gasteiger partial charge is 0.251 e. The van der Waals surface area contributed by atoms with Crippen molar-refractivity contribution in [3.8, 4) is 0 Å². The quantitative estimate of drug-likeness (QED) is 0.690. The lowest BCUT2D eigenvalue weighted by Gasteiger charge is -2.02. The Morgan fingerprint density at radius 1 is 1.31 bits per heavy atom. The number of benzene rings is 1. The average Bonchev–Trinajstić information content (AvgIpc) is 2.89. The molecule has 0 heterocycles. The van der Waals surface area contributed by atoms with Gasteiger partial charge in [-0.1, -0.05) is 0 Å². The van der Waals surface area contributed by atoms with Crippen molar-refractivity contribution in [3.05, 3.63) is 29.8 Å². The summed E-state index contributed by atoms with van der Waals surface area (Å²) in [7, 11) is 0. The van der Waals surface area contributed by atoms with Gasteiger partial charge in [0.2, 0.25) is 0 Å². The standard InChI is InChI=1S/C10H11NOS/c12-10(11-8-3-4-8)7-1-5-9(13)6-2-7/h1-2,5-6,8,13H,3-4H2,(H,11,12). The predicted octanol–water partition coefficient (Wildman–Crippen LogP) is 1.87. The average molecular weight is 193 g/mol. The maximum absolute atomic E-state index is 11.5. The Hall–Kier alpha value is -0.960. The van der Waals surface area contributed by atoms with E-state index in [1.165, 1.54) is 0 Å². The fourth-order valence-electron chi connectivity index (χ4n) is 1.11. The van der Waals surface area contributed by atoms with Crippen molar-refractivity contribution in [2.75, 3.05) is 0 Å². The van der Waals surface area contributed by atoms with E-state index in [0.717, 1.165) is 17.7 Å². The highest BCUT2D eigenvalue weighted by atomic mass is 32.1. The molecule has 1 aliphatic carbocycles. The summed E-state index contributed by atoms with van der Waals surface area (Å²) in [6, 6.07) is 7.65. The van der Waals surface area contributed by atoms with Crippen LogP contribution in [0.15, 0.2) is 29.2 Å². The minimum atomic E-state index is 0.0239. The van der Waals surface area contributed by atoms with Crippen LogP contribution in [0.25, 0.3) is 0 Å². The van der Waals surface area contributed by atoms with E-state index in [2.05, 4.69) is 17.9 Å². The van der Waals surface area contributed by atoms with Gasteiger partial charge in [0.1, 0.15) is 0 Å². The van der Waals surface area contributed by atoms with Crippen LogP contribution >= 0.6 is 12.6 Å². The lowest BCUT2D eigenvalue weighted by atomic mass is 10.2. The van der Waals surface area contributed by atoms with Crippen molar-refractivity contribution in [1.29, 1.82) is 0 Å². The molecule has 3 heteroatoms. The first-order valence-electron chi connectivity index (χ1n) is 4.35. The molecular weight excluding hydrogens is 182 g/mol. The molecule has 0 spiro atoms. The van der Waals surface area contributed by atoms with Crippen LogP contribution in [0, 0.1) is 0 Å². The topological polar surface area (TPSA) is 29.1 Å². The van der Waals surface area contributed by atoms with Crippen molar-refractivity contribution >= 4 is 18.5 Å². The van der Waals surface area contributed by atoms with Gasteiger partial charge in [-0.05, 0) is 37.1 Å². The van der Waals surface area contributed by atoms with Crippen LogP contribution in [-0.4, -0.2) is 11.9 Å². The van der Waals surface area contributed by atoms with Gasteiger partial charge >= 0.3 is 0 Å². The van der Waals surface area contributed by atoms with E-state index in [-0.39, 0.29) is 5.91 Å². The van der Waals surface area contributed by atoms with Gasteiger partial charge in [0.05, 0.1) is 0 Å². The zero-order chi connectivity index (χ0) is 9.26. The van der Waals surface area contributed by atoms with Gasteiger partial charge in [-0.2, -0.15) is 0 Å². The van der Waals surface area contributed by atoms with Crippen LogP contribution in [0.2, 0.25) is 0 Å². The zero-order valence-electron chi connectivity index (χ0n) is 7.16. The summed E-state index contributed by atoms with van der Waals surface area (Å²) in [6.45, 7) is 0. The predicted molar refractivity (Wildman–Crippen MR) is 54.2 cm³/mol. The summed E-state index contributed by atoms with van der Waals surface area (Å²) in [6.07, 6.45) is 2.24. The number of carbonyl (C=O) groups is 1. The fraction of sp³-hybridized carbons (Fsp3) is 0.300. The highest BCUT2D eigenvalue weighted by molar-refractivity contribution is 7.80. The monoisotopic (exact) mass is 193 g/mol. The summed E-state index contributed by atoms with van der Waals surface area (Å²) in [5.41, 5.74) is 0.713. The zero-order valence-corrected chi connectivity index (χ0v) is 8.05. The van der Waals surface area contributed by atoms with Gasteiger partial charge in [-0.3, -0.25) is 4.79 Å². The second kappa shape index (κ2) is 3.42. The highest BCUT2D eigenvalue weighted by Crippen LogP contribution is 2.19. The first kappa shape index (κ1) is 8.63. The molecule has 0 saturated heterocycles. The number of carbonyl (C=O) groups excluding carboxylic acids is 1. The van der Waals surface area contributed by atoms with Crippen molar-refractivity contribution in [2.45, 2.75) is 23.8 Å². The van der Waals surface area contributed by atoms with E-state index < -0.39 is 0 Å². The van der Waals surface area contributed by atoms with E-state index in [1.807, 2.05) is 12.1 Å². The first-order valence-corrected chi connectivity index (χ1v) is 4.80. The highest BCUT2D eigenvalue weighted by Gasteiger charge is 2.23. The minimum absolute atomic E-state index is 0.0239. The van der Waals surface area contributed by atoms with Crippen LogP contribution in [0.5, 0.6) is 0 Å². The van der Waals surface area contributed by atoms with Gasteiger partial charge in [0, 0.05) is 16.5 Å². The van der Waals surface area contributed by atoms with E-state index in [4.69, 9.17) is 0 Å². The third-order valence-corrected chi connectivity index (χ3v) is 2.34. The number of hydrogen-bond acceptors (Lipinski definition) is 2. The van der Waals surface area contributed by atoms with E-state index in [1.54, 1.807) is 12.1 Å². The molecule has 2 nitrogen and oxygen atoms in total. The molecule has 1 N–H and O–H groups in total. The fourth-order valence-corrected chi connectivity index (χ4v) is 1.26. The first-order chi connectivity index (χ1) is 6.25. The van der Waals surface area contributed by atoms with Crippen LogP contribution in [-0.2, 0) is 0 Å². The molecule has 2 rings (SSSR count). The van der Waals surface area contributed by atoms with Crippen LogP contribution < -0.4 is 5.32 Å². The molecule has 1 aliphatic rings. The number of rotatable bonds is 2. The van der Waals surface area contributed by atoms with Gasteiger partial charge < -0.3 is 5.32 Å². The second-order valence-corrected chi connectivity index (χ2v) is 3.81. The Bertz CT molecular complexity index is 316. The molecule has 1 aromatic rings. The third-order valence-electron chi connectivity index (χ3n) is 2.04. The molecule has 68 valence electrons. The van der Waals surface area contributed by atoms with E-state index in [0.29, 0.717) is 11.6 Å². The summed E-state index contributed by atoms with van der Waals surface area (Å²) in [5, 5.41) is 2.93. The van der Waals surface area contributed by atoms with Crippen LogP contribution in [0.3, 0.4) is 0 Å². The van der Waals surface area contributed by atoms with Crippen molar-refractivity contribution in [3.63, 3.8) is 0 Å². The summed E-state index contributed by atoms with van der Waals surface area (Å²) in [5.74, 6) is 0.0239. The van der Waals surface area contributed by atoms with E-state index in [9.17, 15) is 4.79 Å². The normalized spacial score (nSPS) is 15.5. The Labute approximate surface area is 82.8 Å². The Morgan fingerprint density at radius 3 is 2.46 bits per heavy atom. The number of hydrogen-bond donors (Lipinski definition) is 2. The minimum Gasteiger partial charge on any atom is -0.349 e. The maximum Gasteiger partial charge on any atom is 0.251 e. The maximum atomic E-state index is 11.5. The molecule has 0 unspecified atom stereocenters. The SMILES string of the molecule is O=C(NC1CC1)c1ccc(S)cc1. The molecule has 1 aromatic carbocycles. The van der Waals surface area contributed by atoms with Gasteiger partial charge in [-0.25, -0.2) is 0 Å². The number of nitrogens with one attached hydrogen (secondary N) is 1. The Balaban J connectivity index is 2.05. The third kappa shape index (κ3) is 2.25. The molecule has 0 aliphatic heterocycles. The van der Waals surface area contributed by atoms with Crippen molar-refractivity contribution in [1.82, 2.24) is 5.32 Å². The summed E-state index contributed by atoms with van der Waals surface area (Å²) < 4.78 is 0. The van der Waals surface area contributed by atoms with Crippen molar-refractivity contribution < 1.29 is 4.79 Å². The summed E-state index contributed by atoms with van der Waals surface area (Å²) >= 11 is 4.15. The van der Waals surface area contributed by atoms with E-state index >= 15 is 0 Å². The molecule has 13 heavy (non-hydrogen) atoms. The molecule has 0 aromatic heterocycles. The molecule has 1 saturated carbocycles. The molecule has 0 atom stereocenters. The van der Waals surface area contributed by atoms with Crippen LogP contribution in [0.1, 0.15) is 23.2 Å². The number of thiol groups is 1. The lowest BCUT2D eigenvalue weighted by Crippen LogP contribution is -2.25. The second-order valence-electron chi connectivity index (χ2n) is 3.29. The summed E-state index contributed by atoms with van der Waals surface area (Å²) in [4.78, 5) is 12.3. The lowest BCUT2D eigenvalue weighted by molar-refractivity contribution is 0.0951. The van der Waals surface area contributed by atoms with Gasteiger partial charge in [0.25, 0.3) is 5.91 Å². The molecule has 0 bridgehead atoms. The van der Waals surface area contributed by atoms with Crippen molar-refractivity contribution in [2.24, 2.45) is 0 Å². The van der Waals surface area contributed by atoms with Gasteiger partial charge in [0.15, 0.2) is 0 Å². The Kier molecular flexibility index (Phi) is 2.27. The Morgan fingerprint density at radius 2 is 1.92 bits per heavy atom.